The molecule has 0 spiro atoms. The van der Waals surface area contributed by atoms with E-state index >= 15 is 0 Å². The molecular weight excluding hydrogens is 517 g/mol. The molecule has 2 aromatic rings. The van der Waals surface area contributed by atoms with Gasteiger partial charge in [0.2, 0.25) is 5.96 Å². The van der Waals surface area contributed by atoms with E-state index in [1.54, 1.807) is 0 Å². The number of fused-ring (bicyclic) bond motifs is 2. The molecule has 3 aliphatic heterocycles. The van der Waals surface area contributed by atoms with Gasteiger partial charge in [-0.15, -0.1) is 0 Å². The Labute approximate surface area is 200 Å². The van der Waals surface area contributed by atoms with Gasteiger partial charge in [0.1, 0.15) is 0 Å². The second kappa shape index (κ2) is 8.93. The molecule has 2 aromatic carbocycles. The third-order valence-corrected chi connectivity index (χ3v) is 6.76. The zero-order chi connectivity index (χ0) is 22.1. The van der Waals surface area contributed by atoms with E-state index in [1.165, 1.54) is 3.57 Å². The molecule has 0 saturated heterocycles. The van der Waals surface area contributed by atoms with Crippen LogP contribution in [-0.2, 0) is 17.9 Å². The summed E-state index contributed by atoms with van der Waals surface area (Å²) in [6.07, 6.45) is 0.842. The minimum absolute atomic E-state index is 0.0684. The lowest BCUT2D eigenvalue weighted by molar-refractivity contribution is -0.125. The first-order valence-electron chi connectivity index (χ1n) is 10.6. The Morgan fingerprint density at radius 2 is 1.75 bits per heavy atom. The van der Waals surface area contributed by atoms with Gasteiger partial charge in [-0.3, -0.25) is 19.6 Å². The topological polar surface area (TPSA) is 87.9 Å². The first-order chi connectivity index (χ1) is 15.6. The number of rotatable bonds is 5. The van der Waals surface area contributed by atoms with Crippen LogP contribution in [0.25, 0.3) is 10.4 Å². The molecule has 9 heteroatoms. The number of hydrogen-bond acceptors (Lipinski definition) is 5. The van der Waals surface area contributed by atoms with E-state index in [-0.39, 0.29) is 5.91 Å². The third-order valence-electron chi connectivity index (χ3n) is 6.04. The largest absolute Gasteiger partial charge is 0.314 e. The first kappa shape index (κ1) is 21.0. The Morgan fingerprint density at radius 3 is 2.50 bits per heavy atom. The van der Waals surface area contributed by atoms with E-state index in [4.69, 9.17) is 5.53 Å². The van der Waals surface area contributed by atoms with E-state index in [1.807, 2.05) is 29.2 Å². The van der Waals surface area contributed by atoms with Gasteiger partial charge < -0.3 is 4.90 Å². The van der Waals surface area contributed by atoms with Crippen LogP contribution < -0.4 is 0 Å². The highest BCUT2D eigenvalue weighted by Gasteiger charge is 2.40. The fourth-order valence-corrected chi connectivity index (χ4v) is 4.86. The maximum Gasteiger partial charge on any atom is 0.259 e. The molecule has 0 bridgehead atoms. The molecule has 0 unspecified atom stereocenters. The van der Waals surface area contributed by atoms with E-state index < -0.39 is 0 Å². The number of benzene rings is 2. The fraction of sp³-hybridized carbons (Fsp3) is 0.304. The molecule has 0 saturated carbocycles. The van der Waals surface area contributed by atoms with Crippen LogP contribution >= 0.6 is 22.6 Å². The molecule has 0 aliphatic carbocycles. The van der Waals surface area contributed by atoms with Gasteiger partial charge in [-0.25, -0.2) is 0 Å². The van der Waals surface area contributed by atoms with Crippen LogP contribution in [0.4, 0.5) is 5.69 Å². The molecule has 8 nitrogen and oxygen atoms in total. The lowest BCUT2D eigenvalue weighted by Crippen LogP contribution is -2.53. The second-order valence-electron chi connectivity index (χ2n) is 8.09. The summed E-state index contributed by atoms with van der Waals surface area (Å²) in [5, 5.41) is 3.63. The van der Waals surface area contributed by atoms with Crippen LogP contribution in [0.5, 0.6) is 0 Å². The summed E-state index contributed by atoms with van der Waals surface area (Å²) in [5.41, 5.74) is 13.4. The van der Waals surface area contributed by atoms with E-state index in [9.17, 15) is 4.79 Å². The summed E-state index contributed by atoms with van der Waals surface area (Å²) in [6, 6.07) is 15.9. The average molecular weight is 539 g/mol. The molecule has 0 radical (unpaired) electrons. The molecular formula is C23H22IN7O. The average Bonchev–Trinajstić information content (AvgIpc) is 3.29. The molecule has 32 heavy (non-hydrogen) atoms. The van der Waals surface area contributed by atoms with Crippen LogP contribution in [0.15, 0.2) is 69.9 Å². The number of nitrogens with zero attached hydrogens (tertiary/aromatic N) is 7. The van der Waals surface area contributed by atoms with Crippen molar-refractivity contribution in [2.45, 2.75) is 19.5 Å². The first-order valence-corrected chi connectivity index (χ1v) is 11.7. The normalized spacial score (nSPS) is 18.3. The van der Waals surface area contributed by atoms with Crippen LogP contribution in [0.1, 0.15) is 17.5 Å². The number of carbonyl (C=O) groups excluding carboxylic acids is 1. The van der Waals surface area contributed by atoms with Crippen molar-refractivity contribution in [1.82, 2.24) is 14.7 Å². The van der Waals surface area contributed by atoms with Crippen molar-refractivity contribution in [1.29, 1.82) is 0 Å². The Morgan fingerprint density at radius 1 is 1.03 bits per heavy atom. The predicted octanol–water partition coefficient (Wildman–Crippen LogP) is 4.41. The zero-order valence-corrected chi connectivity index (χ0v) is 19.6. The Balaban J connectivity index is 1.36. The lowest BCUT2D eigenvalue weighted by Gasteiger charge is -2.42. The molecule has 5 rings (SSSR count). The third kappa shape index (κ3) is 4.11. The van der Waals surface area contributed by atoms with Crippen molar-refractivity contribution >= 4 is 40.1 Å². The molecule has 162 valence electrons. The van der Waals surface area contributed by atoms with Gasteiger partial charge in [0, 0.05) is 52.5 Å². The highest BCUT2D eigenvalue weighted by molar-refractivity contribution is 14.1. The van der Waals surface area contributed by atoms with E-state index in [0.717, 1.165) is 61.0 Å². The number of amides is 1. The van der Waals surface area contributed by atoms with Crippen molar-refractivity contribution in [2.75, 3.05) is 26.2 Å². The monoisotopic (exact) mass is 539 g/mol. The number of azide groups is 1. The molecule has 1 amide bonds. The van der Waals surface area contributed by atoms with E-state index in [2.05, 4.69) is 71.7 Å². The van der Waals surface area contributed by atoms with Crippen molar-refractivity contribution in [3.8, 4) is 0 Å². The van der Waals surface area contributed by atoms with Gasteiger partial charge >= 0.3 is 0 Å². The lowest BCUT2D eigenvalue weighted by atomic mass is 10.00. The minimum atomic E-state index is 0.0684. The maximum absolute atomic E-state index is 13.6. The summed E-state index contributed by atoms with van der Waals surface area (Å²) in [6.45, 7) is 4.36. The summed E-state index contributed by atoms with van der Waals surface area (Å²) in [7, 11) is 0. The van der Waals surface area contributed by atoms with Gasteiger partial charge in [-0.1, -0.05) is 41.5 Å². The highest BCUT2D eigenvalue weighted by Crippen LogP contribution is 2.32. The summed E-state index contributed by atoms with van der Waals surface area (Å²) >= 11 is 2.29. The molecule has 0 fully saturated rings. The van der Waals surface area contributed by atoms with Crippen molar-refractivity contribution < 1.29 is 4.79 Å². The molecule has 3 heterocycles. The number of aliphatic imine (C=N–C) groups is 1. The molecule has 3 aliphatic rings. The predicted molar refractivity (Wildman–Crippen MR) is 131 cm³/mol. The minimum Gasteiger partial charge on any atom is -0.314 e. The van der Waals surface area contributed by atoms with Crippen molar-refractivity contribution in [2.24, 2.45) is 10.1 Å². The summed E-state index contributed by atoms with van der Waals surface area (Å²) in [5.74, 6) is 0.869. The Bertz CT molecular complexity index is 1150. The number of carbonyl (C=O) groups is 1. The van der Waals surface area contributed by atoms with Crippen LogP contribution in [0, 0.1) is 3.57 Å². The van der Waals surface area contributed by atoms with Gasteiger partial charge in [-0.05, 0) is 51.4 Å². The van der Waals surface area contributed by atoms with Crippen LogP contribution in [-0.4, -0.2) is 52.7 Å². The number of guanidine groups is 1. The molecule has 0 N–H and O–H groups in total. The summed E-state index contributed by atoms with van der Waals surface area (Å²) < 4.78 is 1.18. The van der Waals surface area contributed by atoms with Gasteiger partial charge in [-0.2, -0.15) is 0 Å². The zero-order valence-electron chi connectivity index (χ0n) is 17.5. The standard InChI is InChI=1S/C23H22IN7O/c24-18-5-1-17(2-6-18)14-31-22(32)20-15-29(11-9-21(20)30-12-10-26-23(30)31)13-16-3-7-19(8-4-16)27-28-25/h1-8H,9-15H2. The van der Waals surface area contributed by atoms with E-state index in [0.29, 0.717) is 18.8 Å². The quantitative estimate of drug-likeness (QED) is 0.244. The molecule has 0 atom stereocenters. The van der Waals surface area contributed by atoms with Gasteiger partial charge in [0.25, 0.3) is 5.91 Å². The Hall–Kier alpha value is -2.88. The van der Waals surface area contributed by atoms with Gasteiger partial charge in [0.05, 0.1) is 18.7 Å². The smallest absolute Gasteiger partial charge is 0.259 e. The summed E-state index contributed by atoms with van der Waals surface area (Å²) in [4.78, 5) is 27.5. The maximum atomic E-state index is 13.6. The van der Waals surface area contributed by atoms with Crippen molar-refractivity contribution in [3.05, 3.63) is 84.9 Å². The second-order valence-corrected chi connectivity index (χ2v) is 9.34. The SMILES string of the molecule is [N-]=[N+]=Nc1ccc(CN2CCC3=C(C2)C(=O)N(Cc2ccc(I)cc2)C2=NCCN23)cc1. The Kier molecular flexibility index (Phi) is 5.86. The number of hydrogen-bond donors (Lipinski definition) is 0. The highest BCUT2D eigenvalue weighted by atomic mass is 127. The van der Waals surface area contributed by atoms with Crippen LogP contribution in [0.2, 0.25) is 0 Å². The van der Waals surface area contributed by atoms with Crippen molar-refractivity contribution in [3.63, 3.8) is 0 Å². The van der Waals surface area contributed by atoms with Crippen LogP contribution in [0.3, 0.4) is 0 Å². The fourth-order valence-electron chi connectivity index (χ4n) is 4.50. The van der Waals surface area contributed by atoms with Gasteiger partial charge in [0.15, 0.2) is 0 Å². The molecule has 0 aromatic heterocycles. The number of halogens is 1.